The van der Waals surface area contributed by atoms with Crippen LogP contribution in [0, 0.1) is 5.92 Å². The average molecular weight is 303 g/mol. The number of nitrogens with one attached hydrogen (secondary N) is 1. The van der Waals surface area contributed by atoms with Crippen LogP contribution >= 0.6 is 0 Å². The Morgan fingerprint density at radius 1 is 1.36 bits per heavy atom. The van der Waals surface area contributed by atoms with E-state index < -0.39 is 0 Å². The van der Waals surface area contributed by atoms with Gasteiger partial charge in [-0.3, -0.25) is 4.79 Å². The normalized spacial score (nSPS) is 22.2. The van der Waals surface area contributed by atoms with Crippen molar-refractivity contribution in [2.75, 3.05) is 13.7 Å². The van der Waals surface area contributed by atoms with Crippen LogP contribution in [0.25, 0.3) is 5.57 Å². The molecule has 1 amide bonds. The fraction of sp³-hybridized carbons (Fsp3) is 0.500. The van der Waals surface area contributed by atoms with Gasteiger partial charge in [-0.2, -0.15) is 0 Å². The number of ether oxygens (including phenoxy) is 1. The van der Waals surface area contributed by atoms with Crippen molar-refractivity contribution in [2.24, 2.45) is 5.92 Å². The number of allylic oxidation sites excluding steroid dienone is 1. The summed E-state index contributed by atoms with van der Waals surface area (Å²) in [5.41, 5.74) is 1.92. The van der Waals surface area contributed by atoms with E-state index in [0.29, 0.717) is 12.5 Å². The van der Waals surface area contributed by atoms with E-state index in [0.717, 1.165) is 42.6 Å². The molecule has 1 saturated carbocycles. The van der Waals surface area contributed by atoms with Crippen molar-refractivity contribution in [1.82, 2.24) is 5.32 Å². The fourth-order valence-corrected chi connectivity index (χ4v) is 2.88. The number of rotatable bonds is 5. The van der Waals surface area contributed by atoms with Gasteiger partial charge in [0, 0.05) is 12.6 Å². The Kier molecular flexibility index (Phi) is 6.01. The second kappa shape index (κ2) is 7.99. The molecule has 0 radical (unpaired) electrons. The van der Waals surface area contributed by atoms with Crippen molar-refractivity contribution < 1.29 is 14.6 Å². The molecule has 0 aromatic heterocycles. The second-order valence-electron chi connectivity index (χ2n) is 5.99. The Morgan fingerprint density at radius 3 is 2.73 bits per heavy atom. The van der Waals surface area contributed by atoms with Crippen molar-refractivity contribution in [2.45, 2.75) is 38.7 Å². The lowest BCUT2D eigenvalue weighted by atomic mass is 9.87. The van der Waals surface area contributed by atoms with E-state index in [4.69, 9.17) is 4.74 Å². The third kappa shape index (κ3) is 4.88. The standard InChI is InChI=1S/C18H25NO3/c1-13(15-6-8-17(22-2)9-7-15)10-18(21)19-12-14-4-3-5-16(20)11-14/h6-10,14,16,20H,3-5,11-12H2,1-2H3,(H,19,21)/b13-10+. The second-order valence-corrected chi connectivity index (χ2v) is 5.99. The van der Waals surface area contributed by atoms with Crippen LogP contribution in [0.15, 0.2) is 30.3 Å². The third-order valence-electron chi connectivity index (χ3n) is 4.21. The summed E-state index contributed by atoms with van der Waals surface area (Å²) in [6.07, 6.45) is 5.23. The minimum atomic E-state index is -0.202. The predicted octanol–water partition coefficient (Wildman–Crippen LogP) is 2.77. The maximum atomic E-state index is 12.0. The molecule has 1 aromatic rings. The zero-order chi connectivity index (χ0) is 15.9. The van der Waals surface area contributed by atoms with Gasteiger partial charge in [-0.25, -0.2) is 0 Å². The van der Waals surface area contributed by atoms with E-state index >= 15 is 0 Å². The van der Waals surface area contributed by atoms with Crippen LogP contribution in [-0.2, 0) is 4.79 Å². The van der Waals surface area contributed by atoms with Crippen LogP contribution in [-0.4, -0.2) is 30.8 Å². The number of aliphatic hydroxyl groups is 1. The van der Waals surface area contributed by atoms with Gasteiger partial charge in [0.05, 0.1) is 13.2 Å². The van der Waals surface area contributed by atoms with E-state index in [1.807, 2.05) is 31.2 Å². The SMILES string of the molecule is COc1ccc(/C(C)=C/C(=O)NCC2CCCC(O)C2)cc1. The van der Waals surface area contributed by atoms with Crippen molar-refractivity contribution in [3.63, 3.8) is 0 Å². The number of carbonyl (C=O) groups is 1. The number of hydrogen-bond acceptors (Lipinski definition) is 3. The van der Waals surface area contributed by atoms with Gasteiger partial charge in [0.1, 0.15) is 5.75 Å². The van der Waals surface area contributed by atoms with Crippen molar-refractivity contribution in [1.29, 1.82) is 0 Å². The van der Waals surface area contributed by atoms with Crippen LogP contribution in [0.4, 0.5) is 0 Å². The molecule has 0 spiro atoms. The quantitative estimate of drug-likeness (QED) is 0.822. The highest BCUT2D eigenvalue weighted by Crippen LogP contribution is 2.23. The molecule has 22 heavy (non-hydrogen) atoms. The largest absolute Gasteiger partial charge is 0.497 e. The molecular formula is C18H25NO3. The highest BCUT2D eigenvalue weighted by molar-refractivity contribution is 5.94. The molecule has 0 aliphatic heterocycles. The molecule has 1 aliphatic carbocycles. The first kappa shape index (κ1) is 16.6. The summed E-state index contributed by atoms with van der Waals surface area (Å²) < 4.78 is 5.13. The summed E-state index contributed by atoms with van der Waals surface area (Å²) in [7, 11) is 1.63. The zero-order valence-electron chi connectivity index (χ0n) is 13.3. The molecule has 1 aliphatic rings. The van der Waals surface area contributed by atoms with Crippen molar-refractivity contribution in [3.8, 4) is 5.75 Å². The molecule has 120 valence electrons. The van der Waals surface area contributed by atoms with Crippen molar-refractivity contribution >= 4 is 11.5 Å². The van der Waals surface area contributed by atoms with Gasteiger partial charge in [-0.05, 0) is 55.4 Å². The van der Waals surface area contributed by atoms with Crippen molar-refractivity contribution in [3.05, 3.63) is 35.9 Å². The molecule has 2 rings (SSSR count). The molecule has 2 N–H and O–H groups in total. The van der Waals surface area contributed by atoms with E-state index in [1.165, 1.54) is 0 Å². The molecular weight excluding hydrogens is 278 g/mol. The van der Waals surface area contributed by atoms with Crippen LogP contribution in [0.3, 0.4) is 0 Å². The number of amides is 1. The third-order valence-corrected chi connectivity index (χ3v) is 4.21. The molecule has 4 heteroatoms. The van der Waals surface area contributed by atoms with Gasteiger partial charge >= 0.3 is 0 Å². The minimum absolute atomic E-state index is 0.0756. The molecule has 2 atom stereocenters. The Labute approximate surface area is 132 Å². The van der Waals surface area contributed by atoms with E-state index in [9.17, 15) is 9.90 Å². The first-order chi connectivity index (χ1) is 10.6. The van der Waals surface area contributed by atoms with Gasteiger partial charge in [-0.1, -0.05) is 18.6 Å². The maximum Gasteiger partial charge on any atom is 0.244 e. The topological polar surface area (TPSA) is 58.6 Å². The first-order valence-corrected chi connectivity index (χ1v) is 7.87. The molecule has 0 saturated heterocycles. The lowest BCUT2D eigenvalue weighted by Gasteiger charge is -2.25. The van der Waals surface area contributed by atoms with E-state index in [-0.39, 0.29) is 12.0 Å². The summed E-state index contributed by atoms with van der Waals surface area (Å²) in [6.45, 7) is 2.56. The molecule has 0 heterocycles. The lowest BCUT2D eigenvalue weighted by molar-refractivity contribution is -0.116. The van der Waals surface area contributed by atoms with Gasteiger partial charge in [0.25, 0.3) is 0 Å². The maximum absolute atomic E-state index is 12.0. The summed E-state index contributed by atoms with van der Waals surface area (Å²) in [5.74, 6) is 1.12. The Bertz CT molecular complexity index is 522. The van der Waals surface area contributed by atoms with Gasteiger partial charge in [0.2, 0.25) is 5.91 Å². The Hall–Kier alpha value is -1.81. The lowest BCUT2D eigenvalue weighted by Crippen LogP contribution is -2.32. The smallest absolute Gasteiger partial charge is 0.244 e. The van der Waals surface area contributed by atoms with Gasteiger partial charge in [0.15, 0.2) is 0 Å². The Morgan fingerprint density at radius 2 is 2.09 bits per heavy atom. The highest BCUT2D eigenvalue weighted by atomic mass is 16.5. The fourth-order valence-electron chi connectivity index (χ4n) is 2.88. The molecule has 4 nitrogen and oxygen atoms in total. The highest BCUT2D eigenvalue weighted by Gasteiger charge is 2.20. The summed E-state index contributed by atoms with van der Waals surface area (Å²) in [6, 6.07) is 7.65. The number of hydrogen-bond donors (Lipinski definition) is 2. The molecule has 1 fully saturated rings. The molecule has 0 bridgehead atoms. The summed E-state index contributed by atoms with van der Waals surface area (Å²) in [5, 5.41) is 12.6. The van der Waals surface area contributed by atoms with E-state index in [2.05, 4.69) is 5.32 Å². The van der Waals surface area contributed by atoms with Gasteiger partial charge < -0.3 is 15.2 Å². The number of benzene rings is 1. The molecule has 2 unspecified atom stereocenters. The first-order valence-electron chi connectivity index (χ1n) is 7.87. The van der Waals surface area contributed by atoms with Crippen LogP contribution < -0.4 is 10.1 Å². The number of carbonyl (C=O) groups excluding carboxylic acids is 1. The average Bonchev–Trinajstić information content (AvgIpc) is 2.53. The number of aliphatic hydroxyl groups excluding tert-OH is 1. The number of methoxy groups -OCH3 is 1. The summed E-state index contributed by atoms with van der Waals surface area (Å²) >= 11 is 0. The van der Waals surface area contributed by atoms with E-state index in [1.54, 1.807) is 13.2 Å². The van der Waals surface area contributed by atoms with Crippen LogP contribution in [0.1, 0.15) is 38.2 Å². The predicted molar refractivity (Wildman–Crippen MR) is 87.6 cm³/mol. The van der Waals surface area contributed by atoms with Gasteiger partial charge in [-0.15, -0.1) is 0 Å². The molecule has 1 aromatic carbocycles. The minimum Gasteiger partial charge on any atom is -0.497 e. The summed E-state index contributed by atoms with van der Waals surface area (Å²) in [4.78, 5) is 12.0. The monoisotopic (exact) mass is 303 g/mol. The zero-order valence-corrected chi connectivity index (χ0v) is 13.3. The van der Waals surface area contributed by atoms with Crippen LogP contribution in [0.5, 0.6) is 5.75 Å². The van der Waals surface area contributed by atoms with Crippen LogP contribution in [0.2, 0.25) is 0 Å². The Balaban J connectivity index is 1.86.